The second kappa shape index (κ2) is 8.09. The molecule has 0 radical (unpaired) electrons. The number of halogens is 3. The van der Waals surface area contributed by atoms with Crippen molar-refractivity contribution in [2.45, 2.75) is 32.9 Å². The number of esters is 1. The Labute approximate surface area is 169 Å². The van der Waals surface area contributed by atoms with Gasteiger partial charge in [0.25, 0.3) is 11.6 Å². The molecule has 0 spiro atoms. The molecule has 3 rings (SSSR count). The van der Waals surface area contributed by atoms with Gasteiger partial charge in [0.15, 0.2) is 0 Å². The van der Waals surface area contributed by atoms with E-state index in [1.807, 2.05) is 0 Å². The Balaban J connectivity index is 1.79. The average Bonchev–Trinajstić information content (AvgIpc) is 3.12. The summed E-state index contributed by atoms with van der Waals surface area (Å²) in [4.78, 5) is 31.7. The van der Waals surface area contributed by atoms with Gasteiger partial charge in [0.05, 0.1) is 18.4 Å². The molecular weight excluding hydrogens is 403 g/mol. The van der Waals surface area contributed by atoms with E-state index in [1.165, 1.54) is 13.2 Å². The zero-order valence-electron chi connectivity index (χ0n) is 16.4. The van der Waals surface area contributed by atoms with Crippen molar-refractivity contribution in [1.82, 2.24) is 19.6 Å². The van der Waals surface area contributed by atoms with Gasteiger partial charge in [-0.3, -0.25) is 4.79 Å². The Morgan fingerprint density at radius 1 is 1.17 bits per heavy atom. The van der Waals surface area contributed by atoms with Gasteiger partial charge in [0.1, 0.15) is 0 Å². The quantitative estimate of drug-likeness (QED) is 0.636. The number of rotatable bonds is 5. The van der Waals surface area contributed by atoms with Gasteiger partial charge in [-0.1, -0.05) is 12.1 Å². The normalized spacial score (nSPS) is 11.5. The summed E-state index contributed by atoms with van der Waals surface area (Å²) in [6.45, 7) is 3.23. The lowest BCUT2D eigenvalue weighted by Gasteiger charge is -2.12. The molecule has 0 bridgehead atoms. The van der Waals surface area contributed by atoms with Gasteiger partial charge in [0, 0.05) is 17.8 Å². The number of hydrogen-bond acceptors (Lipinski definition) is 6. The van der Waals surface area contributed by atoms with E-state index >= 15 is 0 Å². The number of carbonyl (C=O) groups is 2. The predicted molar refractivity (Wildman–Crippen MR) is 100.0 cm³/mol. The molecule has 158 valence electrons. The van der Waals surface area contributed by atoms with Gasteiger partial charge < -0.3 is 10.1 Å². The molecule has 2 aromatic heterocycles. The maximum Gasteiger partial charge on any atom is 0.453 e. The summed E-state index contributed by atoms with van der Waals surface area (Å²) in [5.41, 5.74) is 2.00. The molecule has 2 heterocycles. The minimum atomic E-state index is -4.68. The molecule has 0 aliphatic rings. The Hall–Kier alpha value is -3.50. The first-order chi connectivity index (χ1) is 14.1. The van der Waals surface area contributed by atoms with Crippen LogP contribution >= 0.6 is 0 Å². The van der Waals surface area contributed by atoms with Crippen LogP contribution in [0.3, 0.4) is 0 Å². The number of alkyl halides is 3. The van der Waals surface area contributed by atoms with E-state index in [-0.39, 0.29) is 30.1 Å². The molecule has 3 aromatic rings. The lowest BCUT2D eigenvalue weighted by molar-refractivity contribution is -0.144. The van der Waals surface area contributed by atoms with E-state index in [1.54, 1.807) is 32.0 Å². The van der Waals surface area contributed by atoms with Crippen LogP contribution in [0.15, 0.2) is 24.3 Å². The topological polar surface area (TPSA) is 98.5 Å². The number of hydrogen-bond donors (Lipinski definition) is 1. The first-order valence-corrected chi connectivity index (χ1v) is 8.89. The van der Waals surface area contributed by atoms with Crippen LogP contribution in [0.2, 0.25) is 0 Å². The third kappa shape index (κ3) is 4.24. The number of ether oxygens (including phenoxy) is 1. The van der Waals surface area contributed by atoms with Crippen LogP contribution < -0.4 is 5.32 Å². The van der Waals surface area contributed by atoms with Crippen molar-refractivity contribution in [2.24, 2.45) is 0 Å². The van der Waals surface area contributed by atoms with Crippen LogP contribution in [0.5, 0.6) is 0 Å². The summed E-state index contributed by atoms with van der Waals surface area (Å²) in [5, 5.41) is 6.14. The number of fused-ring (bicyclic) bond motifs is 1. The van der Waals surface area contributed by atoms with E-state index in [0.29, 0.717) is 22.6 Å². The molecular formula is C19H18F3N5O3. The van der Waals surface area contributed by atoms with Gasteiger partial charge >= 0.3 is 12.1 Å². The Kier molecular flexibility index (Phi) is 5.72. The lowest BCUT2D eigenvalue weighted by atomic mass is 10.1. The number of aromatic nitrogens is 4. The highest BCUT2D eigenvalue weighted by Gasteiger charge is 2.37. The number of carbonyl (C=O) groups excluding carboxylic acids is 2. The van der Waals surface area contributed by atoms with Crippen LogP contribution in [-0.2, 0) is 22.1 Å². The van der Waals surface area contributed by atoms with Crippen molar-refractivity contribution in [3.8, 4) is 0 Å². The van der Waals surface area contributed by atoms with Gasteiger partial charge in [-0.05, 0) is 38.0 Å². The minimum Gasteiger partial charge on any atom is -0.465 e. The highest BCUT2D eigenvalue weighted by Crippen LogP contribution is 2.27. The molecule has 0 unspecified atom stereocenters. The Bertz CT molecular complexity index is 1120. The van der Waals surface area contributed by atoms with Crippen LogP contribution in [0, 0.1) is 13.8 Å². The number of para-hydroxylation sites is 1. The van der Waals surface area contributed by atoms with Gasteiger partial charge in [-0.25, -0.2) is 14.3 Å². The fourth-order valence-electron chi connectivity index (χ4n) is 3.02. The first kappa shape index (κ1) is 21.2. The van der Waals surface area contributed by atoms with Crippen molar-refractivity contribution < 1.29 is 27.5 Å². The van der Waals surface area contributed by atoms with E-state index in [0.717, 1.165) is 4.52 Å². The van der Waals surface area contributed by atoms with E-state index in [9.17, 15) is 22.8 Å². The predicted octanol–water partition coefficient (Wildman–Crippen LogP) is 3.12. The highest BCUT2D eigenvalue weighted by atomic mass is 19.4. The number of nitrogens with zero attached hydrogens (tertiary/aromatic N) is 4. The average molecular weight is 421 g/mol. The molecule has 1 N–H and O–H groups in total. The molecule has 1 aromatic carbocycles. The second-order valence-corrected chi connectivity index (χ2v) is 6.49. The highest BCUT2D eigenvalue weighted by molar-refractivity contribution is 6.01. The number of nitrogens with one attached hydrogen (secondary N) is 1. The van der Waals surface area contributed by atoms with Crippen molar-refractivity contribution in [2.75, 3.05) is 12.4 Å². The van der Waals surface area contributed by atoms with Crippen LogP contribution in [0.25, 0.3) is 5.78 Å². The van der Waals surface area contributed by atoms with E-state index < -0.39 is 18.0 Å². The zero-order valence-corrected chi connectivity index (χ0v) is 16.4. The maximum absolute atomic E-state index is 12.9. The van der Waals surface area contributed by atoms with Gasteiger partial charge in [-0.2, -0.15) is 18.2 Å². The fourth-order valence-corrected chi connectivity index (χ4v) is 3.02. The van der Waals surface area contributed by atoms with Gasteiger partial charge in [-0.15, -0.1) is 5.10 Å². The van der Waals surface area contributed by atoms with Crippen molar-refractivity contribution in [1.29, 1.82) is 0 Å². The largest absolute Gasteiger partial charge is 0.465 e. The number of amides is 1. The number of aryl methyl sites for hydroxylation is 2. The molecule has 0 atom stereocenters. The number of anilines is 1. The molecule has 0 fully saturated rings. The molecule has 0 aliphatic heterocycles. The lowest BCUT2D eigenvalue weighted by Crippen LogP contribution is -2.16. The van der Waals surface area contributed by atoms with Crippen LogP contribution in [-0.4, -0.2) is 38.6 Å². The SMILES string of the molecule is COC(=O)c1ccccc1NC(=O)CCc1c(C)nc2nc(C(F)(F)F)nn2c1C. The fraction of sp³-hybridized carbons (Fsp3) is 0.316. The molecule has 8 nitrogen and oxygen atoms in total. The molecule has 1 amide bonds. The standard InChI is InChI=1S/C19H18F3N5O3/c1-10-12(11(2)27-18(23-10)25-17(26-27)19(20,21)22)8-9-15(28)24-14-7-5-4-6-13(14)16(29)30-3/h4-7H,8-9H2,1-3H3,(H,24,28). The summed E-state index contributed by atoms with van der Waals surface area (Å²) in [7, 11) is 1.24. The molecule has 30 heavy (non-hydrogen) atoms. The van der Waals surface area contributed by atoms with Crippen molar-refractivity contribution in [3.63, 3.8) is 0 Å². The summed E-state index contributed by atoms with van der Waals surface area (Å²) >= 11 is 0. The number of benzene rings is 1. The first-order valence-electron chi connectivity index (χ1n) is 8.89. The summed E-state index contributed by atoms with van der Waals surface area (Å²) in [6.07, 6.45) is -4.44. The van der Waals surface area contributed by atoms with E-state index in [2.05, 4.69) is 20.4 Å². The van der Waals surface area contributed by atoms with Gasteiger partial charge in [0.2, 0.25) is 5.91 Å². The van der Waals surface area contributed by atoms with Crippen LogP contribution in [0.1, 0.15) is 39.6 Å². The second-order valence-electron chi connectivity index (χ2n) is 6.49. The molecule has 11 heteroatoms. The zero-order chi connectivity index (χ0) is 22.1. The van der Waals surface area contributed by atoms with Crippen LogP contribution in [0.4, 0.5) is 18.9 Å². The van der Waals surface area contributed by atoms with E-state index in [4.69, 9.17) is 4.74 Å². The summed E-state index contributed by atoms with van der Waals surface area (Å²) < 4.78 is 44.4. The van der Waals surface area contributed by atoms with Crippen molar-refractivity contribution >= 4 is 23.3 Å². The van der Waals surface area contributed by atoms with Crippen molar-refractivity contribution in [3.05, 3.63) is 52.6 Å². The minimum absolute atomic E-state index is 0.0190. The third-order valence-electron chi connectivity index (χ3n) is 4.51. The smallest absolute Gasteiger partial charge is 0.453 e. The third-order valence-corrected chi connectivity index (χ3v) is 4.51. The monoisotopic (exact) mass is 421 g/mol. The number of methoxy groups -OCH3 is 1. The summed E-state index contributed by atoms with van der Waals surface area (Å²) in [5.74, 6) is -2.39. The Morgan fingerprint density at radius 2 is 1.87 bits per heavy atom. The Morgan fingerprint density at radius 3 is 2.53 bits per heavy atom. The molecule has 0 saturated carbocycles. The molecule has 0 aliphatic carbocycles. The maximum atomic E-state index is 12.9. The summed E-state index contributed by atoms with van der Waals surface area (Å²) in [6, 6.07) is 6.40. The molecule has 0 saturated heterocycles.